The second-order valence-electron chi connectivity index (χ2n) is 11.8. The Labute approximate surface area is 341 Å². The normalized spacial score (nSPS) is 19.8. The Kier molecular flexibility index (Phi) is 2.68. The van der Waals surface area contributed by atoms with Crippen molar-refractivity contribution in [2.45, 2.75) is 6.92 Å². The highest BCUT2D eigenvalue weighted by Gasteiger charge is 2.20. The van der Waals surface area contributed by atoms with Crippen LogP contribution in [-0.4, -0.2) is 0 Å². The van der Waals surface area contributed by atoms with Crippen molar-refractivity contribution in [3.63, 3.8) is 0 Å². The molecule has 1 heterocycles. The lowest BCUT2D eigenvalue weighted by molar-refractivity contribution is 0.669. The van der Waals surface area contributed by atoms with Crippen LogP contribution in [0, 0.1) is 6.92 Å². The van der Waals surface area contributed by atoms with Gasteiger partial charge in [0.1, 0.15) is 11.2 Å². The standard InChI is InChI=1S/C51H32O/c1-31-17-18-36-30-48-46(29-38(36)27-31)51-45(15-8-16-47(51)52-48)50-43-13-6-4-11-41(43)49(42-12-5-7-14-44(42)50)34-22-19-32(20-23-34)35-25-26-40-37(28-35)24-21-33-9-2-3-10-39(33)40/h2-30H,1H3/i2D,3D,4D,5D,6D,7D,8D,9D,10D,11D,12D,13D,14D,15D,16D,17D,18D,19D,20D,21D,22D,23D,24D,25D,26D,27D,28D,29D,30D. The minimum atomic E-state index is -1.12. The molecule has 0 fully saturated rings. The van der Waals surface area contributed by atoms with Crippen LogP contribution in [0.25, 0.3) is 109 Å². The summed E-state index contributed by atoms with van der Waals surface area (Å²) in [7, 11) is 0. The van der Waals surface area contributed by atoms with Crippen molar-refractivity contribution in [3.8, 4) is 33.4 Å². The third-order valence-electron chi connectivity index (χ3n) is 8.76. The summed E-state index contributed by atoms with van der Waals surface area (Å²) in [6, 6.07) is -25.5. The second-order valence-corrected chi connectivity index (χ2v) is 11.8. The minimum absolute atomic E-state index is 0.0665. The molecule has 10 aromatic carbocycles. The highest BCUT2D eigenvalue weighted by atomic mass is 16.3. The quantitative estimate of drug-likeness (QED) is 0.133. The van der Waals surface area contributed by atoms with Crippen LogP contribution in [0.5, 0.6) is 0 Å². The molecule has 1 heteroatoms. The van der Waals surface area contributed by atoms with Gasteiger partial charge < -0.3 is 4.42 Å². The zero-order valence-corrected chi connectivity index (χ0v) is 26.4. The van der Waals surface area contributed by atoms with Gasteiger partial charge in [-0.25, -0.2) is 0 Å². The summed E-state index contributed by atoms with van der Waals surface area (Å²) in [5.74, 6) is 0. The molecule has 0 aliphatic heterocycles. The topological polar surface area (TPSA) is 13.1 Å². The van der Waals surface area contributed by atoms with Crippen LogP contribution in [0.15, 0.2) is 180 Å². The Hall–Kier alpha value is -6.70. The largest absolute Gasteiger partial charge is 0.456 e. The van der Waals surface area contributed by atoms with E-state index in [4.69, 9.17) is 25.0 Å². The summed E-state index contributed by atoms with van der Waals surface area (Å²) in [6.45, 7) is 1.34. The third-order valence-corrected chi connectivity index (χ3v) is 8.76. The maximum absolute atomic E-state index is 9.68. The van der Waals surface area contributed by atoms with E-state index in [2.05, 4.69) is 0 Å². The molecule has 0 spiro atoms. The van der Waals surface area contributed by atoms with E-state index in [1.54, 1.807) is 0 Å². The zero-order chi connectivity index (χ0) is 59.6. The highest BCUT2D eigenvalue weighted by molar-refractivity contribution is 6.26. The van der Waals surface area contributed by atoms with E-state index in [-0.39, 0.29) is 16.3 Å². The fraction of sp³-hybridized carbons (Fsp3) is 0.0196. The van der Waals surface area contributed by atoms with Crippen LogP contribution >= 0.6 is 0 Å². The molecule has 11 aromatic rings. The van der Waals surface area contributed by atoms with Crippen LogP contribution in [0.4, 0.5) is 0 Å². The van der Waals surface area contributed by atoms with Gasteiger partial charge in [0, 0.05) is 10.8 Å². The number of rotatable bonds is 3. The van der Waals surface area contributed by atoms with Crippen LogP contribution in [-0.2, 0) is 0 Å². The van der Waals surface area contributed by atoms with E-state index in [0.29, 0.717) is 0 Å². The predicted molar refractivity (Wildman–Crippen MR) is 222 cm³/mol. The van der Waals surface area contributed by atoms with Crippen molar-refractivity contribution < 1.29 is 44.2 Å². The number of fused-ring (bicyclic) bond motifs is 9. The molecule has 52 heavy (non-hydrogen) atoms. The Balaban J connectivity index is 1.36. The lowest BCUT2D eigenvalue weighted by Gasteiger charge is -2.18. The maximum Gasteiger partial charge on any atom is 0.136 e. The first-order chi connectivity index (χ1) is 37.8. The first-order valence-corrected chi connectivity index (χ1v) is 15.7. The summed E-state index contributed by atoms with van der Waals surface area (Å²) < 4.78 is 271. The molecule has 0 unspecified atom stereocenters. The monoisotopic (exact) mass is 689 g/mol. The molecule has 242 valence electrons. The van der Waals surface area contributed by atoms with E-state index in [1.807, 2.05) is 0 Å². The molecule has 0 aliphatic carbocycles. The SMILES string of the molecule is [2H]c1c([2H])c(-c2c3c([2H])c([2H])c([2H])c([2H])c3c(-c3c([2H])c([2H])c([2H])c4oc5c([2H])c6c([2H])c([2H])c(C)c([2H])c6c([2H])c5c34)c3c([2H])c([2H])c([2H])c([2H])c23)c([2H])c([2H])c1-c1c([2H])c([2H])c2c(c1[2H])c([2H])c([2H])c1c([2H])c([2H])c([2H])c([2H])c12. The molecule has 0 aliphatic rings. The Bertz CT molecular complexity index is 4820. The summed E-state index contributed by atoms with van der Waals surface area (Å²) in [4.78, 5) is 0. The van der Waals surface area contributed by atoms with Gasteiger partial charge in [-0.2, -0.15) is 0 Å². The summed E-state index contributed by atoms with van der Waals surface area (Å²) in [5, 5.41) is -6.74. The van der Waals surface area contributed by atoms with E-state index in [9.17, 15) is 19.2 Å². The van der Waals surface area contributed by atoms with Crippen molar-refractivity contribution >= 4 is 75.8 Å². The Morgan fingerprint density at radius 1 is 0.365 bits per heavy atom. The molecule has 0 radical (unpaired) electrons. The number of benzene rings is 10. The molecule has 0 bridgehead atoms. The minimum Gasteiger partial charge on any atom is -0.456 e. The van der Waals surface area contributed by atoms with Gasteiger partial charge in [0.25, 0.3) is 0 Å². The maximum atomic E-state index is 9.68. The highest BCUT2D eigenvalue weighted by Crippen LogP contribution is 2.47. The van der Waals surface area contributed by atoms with Gasteiger partial charge >= 0.3 is 0 Å². The number of hydrogen-bond donors (Lipinski definition) is 0. The Morgan fingerprint density at radius 3 is 1.75 bits per heavy atom. The van der Waals surface area contributed by atoms with Crippen LogP contribution in [0.2, 0.25) is 0 Å². The molecule has 1 nitrogen and oxygen atoms in total. The van der Waals surface area contributed by atoms with E-state index in [0.717, 1.165) is 0 Å². The van der Waals surface area contributed by atoms with Crippen molar-refractivity contribution in [1.82, 2.24) is 0 Å². The molecular weight excluding hydrogens is 629 g/mol. The fourth-order valence-electron chi connectivity index (χ4n) is 6.51. The van der Waals surface area contributed by atoms with Gasteiger partial charge in [-0.05, 0) is 118 Å². The van der Waals surface area contributed by atoms with Crippen LogP contribution < -0.4 is 0 Å². The molecule has 0 N–H and O–H groups in total. The van der Waals surface area contributed by atoms with Crippen LogP contribution in [0.1, 0.15) is 45.3 Å². The zero-order valence-electron chi connectivity index (χ0n) is 55.4. The van der Waals surface area contributed by atoms with Crippen molar-refractivity contribution in [2.24, 2.45) is 0 Å². The first-order valence-electron chi connectivity index (χ1n) is 30.2. The van der Waals surface area contributed by atoms with Gasteiger partial charge in [0.15, 0.2) is 0 Å². The Morgan fingerprint density at radius 2 is 0.981 bits per heavy atom. The second kappa shape index (κ2) is 11.2. The van der Waals surface area contributed by atoms with Crippen molar-refractivity contribution in [1.29, 1.82) is 0 Å². The van der Waals surface area contributed by atoms with Crippen molar-refractivity contribution in [2.75, 3.05) is 0 Å². The lowest BCUT2D eigenvalue weighted by atomic mass is 9.84. The molecule has 0 amide bonds. The van der Waals surface area contributed by atoms with Gasteiger partial charge in [-0.1, -0.05) is 157 Å². The third kappa shape index (κ3) is 4.36. The first kappa shape index (κ1) is 12.5. The molecule has 0 saturated carbocycles. The van der Waals surface area contributed by atoms with E-state index in [1.165, 1.54) is 6.92 Å². The molecule has 1 aromatic heterocycles. The molecule has 0 atom stereocenters. The summed E-state index contributed by atoms with van der Waals surface area (Å²) in [6.07, 6.45) is 0. The lowest BCUT2D eigenvalue weighted by Crippen LogP contribution is -1.91. The van der Waals surface area contributed by atoms with Crippen LogP contribution in [0.3, 0.4) is 0 Å². The number of hydrogen-bond acceptors (Lipinski definition) is 1. The van der Waals surface area contributed by atoms with E-state index >= 15 is 0 Å². The van der Waals surface area contributed by atoms with Gasteiger partial charge in [0.2, 0.25) is 0 Å². The van der Waals surface area contributed by atoms with Gasteiger partial charge in [-0.3, -0.25) is 0 Å². The van der Waals surface area contributed by atoms with Crippen molar-refractivity contribution in [3.05, 3.63) is 181 Å². The number of furan rings is 1. The summed E-state index contributed by atoms with van der Waals surface area (Å²) in [5.41, 5.74) is -5.92. The summed E-state index contributed by atoms with van der Waals surface area (Å²) >= 11 is 0. The fourth-order valence-corrected chi connectivity index (χ4v) is 6.51. The molecule has 11 rings (SSSR count). The average Bonchev–Trinajstić information content (AvgIpc) is 3.97. The van der Waals surface area contributed by atoms with Gasteiger partial charge in [-0.15, -0.1) is 0 Å². The van der Waals surface area contributed by atoms with Gasteiger partial charge in [0.05, 0.1) is 39.8 Å². The molecular formula is C51H32O. The average molecular weight is 690 g/mol. The molecule has 0 saturated heterocycles. The van der Waals surface area contributed by atoms with E-state index < -0.39 is 274 Å². The predicted octanol–water partition coefficient (Wildman–Crippen LogP) is 14.7. The smallest absolute Gasteiger partial charge is 0.136 e.